The summed E-state index contributed by atoms with van der Waals surface area (Å²) in [4.78, 5) is 13.3. The molecule has 7 rings (SSSR count). The summed E-state index contributed by atoms with van der Waals surface area (Å²) in [5, 5.41) is 15.4. The van der Waals surface area contributed by atoms with Crippen LogP contribution in [0.15, 0.2) is 125 Å². The molecule has 0 atom stereocenters. The maximum absolute atomic E-state index is 10.1. The van der Waals surface area contributed by atoms with Gasteiger partial charge in [-0.1, -0.05) is 107 Å². The molecule has 0 aromatic heterocycles. The van der Waals surface area contributed by atoms with Gasteiger partial charge in [0.1, 0.15) is 0 Å². The molecule has 0 unspecified atom stereocenters. The lowest BCUT2D eigenvalue weighted by atomic mass is 9.80. The van der Waals surface area contributed by atoms with Gasteiger partial charge in [0.25, 0.3) is 0 Å². The summed E-state index contributed by atoms with van der Waals surface area (Å²) in [5.41, 5.74) is 11.6. The number of aliphatic hydroxyl groups is 1. The molecule has 2 N–H and O–H groups in total. The summed E-state index contributed by atoms with van der Waals surface area (Å²) in [5.74, 6) is 2.79. The fourth-order valence-electron chi connectivity index (χ4n) is 9.56. The zero-order valence-corrected chi connectivity index (χ0v) is 34.4. The molecular formula is C51H59N4O+. The minimum absolute atomic E-state index is 0.146. The number of anilines is 2. The number of aliphatic hydroxyl groups excluding tert-OH is 1. The van der Waals surface area contributed by atoms with Crippen molar-refractivity contribution < 1.29 is 10.1 Å². The Bertz CT molecular complexity index is 2220. The highest BCUT2D eigenvalue weighted by Gasteiger charge is 2.42. The number of nitrogens with zero attached hydrogens (tertiary/aromatic N) is 3. The van der Waals surface area contributed by atoms with E-state index in [1.807, 2.05) is 0 Å². The number of hydrogen-bond acceptors (Lipinski definition) is 3. The van der Waals surface area contributed by atoms with Crippen LogP contribution in [0.1, 0.15) is 97.6 Å². The van der Waals surface area contributed by atoms with Gasteiger partial charge in [0, 0.05) is 53.2 Å². The molecule has 2 aliphatic heterocycles. The average molecular weight is 744 g/mol. The number of nitrogens with one attached hydrogen (secondary N) is 1. The van der Waals surface area contributed by atoms with Crippen LogP contribution < -0.4 is 14.8 Å². The van der Waals surface area contributed by atoms with E-state index in [1.165, 1.54) is 66.6 Å². The van der Waals surface area contributed by atoms with E-state index in [2.05, 4.69) is 159 Å². The van der Waals surface area contributed by atoms with Crippen molar-refractivity contribution in [3.63, 3.8) is 0 Å². The van der Waals surface area contributed by atoms with Gasteiger partial charge in [-0.2, -0.15) is 0 Å². The average Bonchev–Trinajstić information content (AvgIpc) is 3.57. The predicted octanol–water partition coefficient (Wildman–Crippen LogP) is 10.4. The van der Waals surface area contributed by atoms with Gasteiger partial charge in [0.05, 0.1) is 12.1 Å². The predicted molar refractivity (Wildman–Crippen MR) is 239 cm³/mol. The summed E-state index contributed by atoms with van der Waals surface area (Å²) in [7, 11) is 0. The molecule has 1 fully saturated rings. The first-order chi connectivity index (χ1) is 27.1. The summed E-state index contributed by atoms with van der Waals surface area (Å²) < 4.78 is 0. The molecule has 4 aromatic rings. The second kappa shape index (κ2) is 16.4. The van der Waals surface area contributed by atoms with E-state index in [0.29, 0.717) is 13.0 Å². The molecule has 1 saturated carbocycles. The van der Waals surface area contributed by atoms with Crippen LogP contribution in [0.2, 0.25) is 0 Å². The standard InChI is InChI=1S/C51H58N4O/c1-8-34-52-46(56)25-12-11-17-35-53-49-38(28-32-44-50(4,5)47-40-23-15-13-19-36(40)26-30-42(47)54(44)9-2)21-18-22-39(49)29-33-45-51(6,7)48-41-24-16-14-20-37(41)27-31-43(48)55(45)10-3/h1,13-16,19-20,23-24,26-33H,9-12,17-18,21-22,25,34-35H2,2-7H3,(H,52,56)/p+1/b38-28+,39-29?,44-32-,45-33?,53-49?. The maximum Gasteiger partial charge on any atom is 0.332 e. The smallest absolute Gasteiger partial charge is 0.332 e. The lowest BCUT2D eigenvalue weighted by molar-refractivity contribution is -0.453. The Kier molecular flexibility index (Phi) is 11.4. The summed E-state index contributed by atoms with van der Waals surface area (Å²) in [6, 6.07) is 26.8. The molecule has 0 radical (unpaired) electrons. The van der Waals surface area contributed by atoms with E-state index < -0.39 is 0 Å². The Hall–Kier alpha value is -5.34. The van der Waals surface area contributed by atoms with E-state index in [1.54, 1.807) is 0 Å². The molecule has 0 bridgehead atoms. The van der Waals surface area contributed by atoms with Crippen molar-refractivity contribution >= 4 is 44.5 Å². The lowest BCUT2D eigenvalue weighted by Gasteiger charge is -2.27. The van der Waals surface area contributed by atoms with Crippen molar-refractivity contribution in [3.05, 3.63) is 131 Å². The molecule has 56 heavy (non-hydrogen) atoms. The maximum atomic E-state index is 10.1. The van der Waals surface area contributed by atoms with Crippen LogP contribution in [0.25, 0.3) is 21.5 Å². The number of rotatable bonds is 11. The van der Waals surface area contributed by atoms with Crippen molar-refractivity contribution in [2.24, 2.45) is 4.99 Å². The Morgan fingerprint density at radius 1 is 0.732 bits per heavy atom. The number of benzene rings is 4. The van der Waals surface area contributed by atoms with Crippen LogP contribution in [-0.2, 0) is 10.8 Å². The normalized spacial score (nSPS) is 21.2. The topological polar surface area (TPSA) is 53.0 Å². The third-order valence-corrected chi connectivity index (χ3v) is 12.3. The fourth-order valence-corrected chi connectivity index (χ4v) is 9.56. The van der Waals surface area contributed by atoms with Gasteiger partial charge >= 0.3 is 5.90 Å². The zero-order chi connectivity index (χ0) is 39.5. The second-order valence-electron chi connectivity index (χ2n) is 16.5. The zero-order valence-electron chi connectivity index (χ0n) is 34.4. The number of hydrogen-bond donors (Lipinski definition) is 2. The molecule has 0 saturated heterocycles. The Labute approximate surface area is 334 Å². The molecule has 0 amide bonds. The van der Waals surface area contributed by atoms with E-state index >= 15 is 0 Å². The molecular weight excluding hydrogens is 685 g/mol. The van der Waals surface area contributed by atoms with Crippen LogP contribution in [0.3, 0.4) is 0 Å². The van der Waals surface area contributed by atoms with E-state index in [4.69, 9.17) is 11.4 Å². The third kappa shape index (κ3) is 7.23. The van der Waals surface area contributed by atoms with Gasteiger partial charge in [0.15, 0.2) is 0 Å². The summed E-state index contributed by atoms with van der Waals surface area (Å²) >= 11 is 0. The third-order valence-electron chi connectivity index (χ3n) is 12.3. The minimum atomic E-state index is -0.146. The number of fused-ring (bicyclic) bond motifs is 6. The van der Waals surface area contributed by atoms with Crippen molar-refractivity contribution in [2.75, 3.05) is 36.0 Å². The number of allylic oxidation sites excluding steroid dienone is 8. The molecule has 2 heterocycles. The van der Waals surface area contributed by atoms with Gasteiger partial charge in [-0.3, -0.25) is 4.99 Å². The number of unbranched alkanes of at least 4 members (excludes halogenated alkanes) is 2. The molecule has 0 spiro atoms. The highest BCUT2D eigenvalue weighted by molar-refractivity contribution is 6.13. The van der Waals surface area contributed by atoms with Gasteiger partial charge in [-0.25, -0.2) is 4.99 Å². The van der Waals surface area contributed by atoms with Crippen LogP contribution in [0.5, 0.6) is 0 Å². The van der Waals surface area contributed by atoms with Crippen molar-refractivity contribution in [3.8, 4) is 12.3 Å². The van der Waals surface area contributed by atoms with Crippen LogP contribution in [-0.4, -0.2) is 42.9 Å². The second-order valence-corrected chi connectivity index (χ2v) is 16.5. The van der Waals surface area contributed by atoms with E-state index in [-0.39, 0.29) is 16.7 Å². The molecule has 3 aliphatic rings. The van der Waals surface area contributed by atoms with Crippen LogP contribution in [0.4, 0.5) is 11.4 Å². The Morgan fingerprint density at radius 3 is 1.75 bits per heavy atom. The highest BCUT2D eigenvalue weighted by Crippen LogP contribution is 2.52. The minimum Gasteiger partial charge on any atom is -0.464 e. The SMILES string of the molecule is C#CC[NH+]=C(O)CCCCCN=C1C(=CC=C2N(CC)c3ccc4ccccc4c3C2(C)C)CCC/C1=C\C=C1/N(CC)c2ccc3ccccc3c2C1(C)C. The van der Waals surface area contributed by atoms with Crippen LogP contribution >= 0.6 is 0 Å². The van der Waals surface area contributed by atoms with E-state index in [0.717, 1.165) is 63.9 Å². The molecule has 5 nitrogen and oxygen atoms in total. The first kappa shape index (κ1) is 38.9. The van der Waals surface area contributed by atoms with Crippen molar-refractivity contribution in [2.45, 2.75) is 97.3 Å². The van der Waals surface area contributed by atoms with Gasteiger partial charge < -0.3 is 14.9 Å². The molecule has 4 aromatic carbocycles. The quantitative estimate of drug-likeness (QED) is 0.0696. The molecule has 5 heteroatoms. The lowest BCUT2D eigenvalue weighted by Crippen LogP contribution is -2.72. The largest absolute Gasteiger partial charge is 0.464 e. The first-order valence-corrected chi connectivity index (χ1v) is 20.8. The monoisotopic (exact) mass is 743 g/mol. The summed E-state index contributed by atoms with van der Waals surface area (Å²) in [6.07, 6.45) is 21.5. The van der Waals surface area contributed by atoms with E-state index in [9.17, 15) is 5.11 Å². The molecule has 1 aliphatic carbocycles. The van der Waals surface area contributed by atoms with Gasteiger partial charge in [-0.05, 0) is 120 Å². The summed E-state index contributed by atoms with van der Waals surface area (Å²) in [6.45, 7) is 17.0. The number of terminal acetylenes is 1. The highest BCUT2D eigenvalue weighted by atomic mass is 16.3. The van der Waals surface area contributed by atoms with Crippen LogP contribution in [0, 0.1) is 12.3 Å². The fraction of sp³-hybridized carbons (Fsp3) is 0.373. The number of likely N-dealkylation sites (N-methyl/N-ethyl adjacent to an activating group) is 2. The van der Waals surface area contributed by atoms with Gasteiger partial charge in [0.2, 0.25) is 6.54 Å². The molecule has 288 valence electrons. The Morgan fingerprint density at radius 2 is 1.25 bits per heavy atom. The van der Waals surface area contributed by atoms with Gasteiger partial charge in [-0.15, -0.1) is 6.42 Å². The van der Waals surface area contributed by atoms with Crippen molar-refractivity contribution in [1.82, 2.24) is 0 Å². The number of aliphatic imine (C=N–C) groups is 1. The van der Waals surface area contributed by atoms with Crippen molar-refractivity contribution in [1.29, 1.82) is 0 Å². The Balaban J connectivity index is 1.24. The first-order valence-electron chi connectivity index (χ1n) is 20.8.